The third-order valence-electron chi connectivity index (χ3n) is 7.73. The molecule has 2 aromatic heterocycles. The maximum Gasteiger partial charge on any atom is 0.280 e. The van der Waals surface area contributed by atoms with Crippen LogP contribution in [-0.2, 0) is 11.3 Å². The lowest BCUT2D eigenvalue weighted by atomic mass is 9.99. The molecule has 0 spiro atoms. The Morgan fingerprint density at radius 3 is 2.16 bits per heavy atom. The number of carbonyl (C=O) groups is 1. The van der Waals surface area contributed by atoms with E-state index < -0.39 is 6.04 Å². The molecule has 7 aromatic rings. The molecule has 1 amide bonds. The highest BCUT2D eigenvalue weighted by Gasteiger charge is 2.28. The number of aromatic nitrogens is 3. The number of aromatic amines is 1. The zero-order valence-corrected chi connectivity index (χ0v) is 23.3. The molecule has 0 fully saturated rings. The number of nitrogens with one attached hydrogen (secondary N) is 2. The second-order valence-corrected chi connectivity index (χ2v) is 10.5. The maximum atomic E-state index is 14.4. The van der Waals surface area contributed by atoms with E-state index in [4.69, 9.17) is 4.98 Å². The van der Waals surface area contributed by atoms with Gasteiger partial charge in [-0.3, -0.25) is 14.2 Å². The third kappa shape index (κ3) is 5.11. The molecular weight excluding hydrogens is 532 g/mol. The van der Waals surface area contributed by atoms with Gasteiger partial charge in [0.2, 0.25) is 5.91 Å². The van der Waals surface area contributed by atoms with Gasteiger partial charge in [-0.2, -0.15) is 0 Å². The molecule has 0 aliphatic heterocycles. The van der Waals surface area contributed by atoms with Crippen LogP contribution >= 0.6 is 0 Å². The van der Waals surface area contributed by atoms with E-state index in [0.717, 1.165) is 27.6 Å². The molecular formula is C37H28N4O2. The number of para-hydroxylation sites is 3. The number of fused-ring (bicyclic) bond motifs is 2. The van der Waals surface area contributed by atoms with Gasteiger partial charge in [-0.15, -0.1) is 0 Å². The van der Waals surface area contributed by atoms with Crippen LogP contribution in [-0.4, -0.2) is 20.4 Å². The molecule has 0 aliphatic rings. The zero-order chi connectivity index (χ0) is 29.2. The number of nitrogens with zero attached hydrogens (tertiary/aromatic N) is 2. The van der Waals surface area contributed by atoms with Crippen LogP contribution in [0.25, 0.3) is 44.5 Å². The van der Waals surface area contributed by atoms with E-state index in [-0.39, 0.29) is 17.2 Å². The summed E-state index contributed by atoms with van der Waals surface area (Å²) in [6.45, 7) is 0.338. The summed E-state index contributed by atoms with van der Waals surface area (Å²) in [4.78, 5) is 36.7. The fourth-order valence-electron chi connectivity index (χ4n) is 5.57. The Hall–Kier alpha value is -5.75. The predicted molar refractivity (Wildman–Crippen MR) is 172 cm³/mol. The second-order valence-electron chi connectivity index (χ2n) is 10.5. The van der Waals surface area contributed by atoms with E-state index in [1.165, 1.54) is 0 Å². The van der Waals surface area contributed by atoms with Crippen LogP contribution in [0, 0.1) is 0 Å². The average Bonchev–Trinajstić information content (AvgIpc) is 3.50. The van der Waals surface area contributed by atoms with Gasteiger partial charge in [-0.1, -0.05) is 115 Å². The van der Waals surface area contributed by atoms with Gasteiger partial charge in [0, 0.05) is 17.4 Å². The Labute approximate surface area is 248 Å². The molecule has 5 aromatic carbocycles. The molecule has 0 saturated carbocycles. The first-order valence-electron chi connectivity index (χ1n) is 14.2. The molecule has 1 unspecified atom stereocenters. The minimum absolute atomic E-state index is 0.261. The minimum Gasteiger partial charge on any atom is -0.353 e. The minimum atomic E-state index is -0.933. The van der Waals surface area contributed by atoms with Gasteiger partial charge in [0.05, 0.1) is 16.7 Å². The van der Waals surface area contributed by atoms with E-state index in [0.29, 0.717) is 28.8 Å². The molecule has 2 N–H and O–H groups in total. The monoisotopic (exact) mass is 560 g/mol. The van der Waals surface area contributed by atoms with Crippen LogP contribution in [0.4, 0.5) is 0 Å². The lowest BCUT2D eigenvalue weighted by Crippen LogP contribution is -2.38. The predicted octanol–water partition coefficient (Wildman–Crippen LogP) is 7.12. The third-order valence-corrected chi connectivity index (χ3v) is 7.73. The highest BCUT2D eigenvalue weighted by Crippen LogP contribution is 2.28. The Morgan fingerprint density at radius 1 is 0.744 bits per heavy atom. The lowest BCUT2D eigenvalue weighted by molar-refractivity contribution is -0.123. The number of H-pyrrole nitrogens is 1. The Balaban J connectivity index is 1.39. The van der Waals surface area contributed by atoms with E-state index in [9.17, 15) is 9.59 Å². The topological polar surface area (TPSA) is 79.8 Å². The maximum absolute atomic E-state index is 14.4. The standard InChI is InChI=1S/C37H28N4O2/c42-36(38-24-25-11-3-1-4-12-25)35(28-21-19-27(20-22-28)26-13-5-2-6-14-26)41-33-18-10-9-17-31(33)40-34(37(41)43)32-23-29-15-7-8-16-30(29)39-32/h1-23,35,39H,24H2,(H,38,42). The molecule has 2 heterocycles. The van der Waals surface area contributed by atoms with Gasteiger partial charge < -0.3 is 10.3 Å². The molecule has 7 rings (SSSR count). The Bertz CT molecular complexity index is 2080. The Kier molecular flexibility index (Phi) is 6.85. The normalized spacial score (nSPS) is 11.9. The van der Waals surface area contributed by atoms with E-state index in [2.05, 4.69) is 10.3 Å². The largest absolute Gasteiger partial charge is 0.353 e. The summed E-state index contributed by atoms with van der Waals surface area (Å²) in [5, 5.41) is 4.07. The quantitative estimate of drug-likeness (QED) is 0.218. The molecule has 0 radical (unpaired) electrons. The summed E-state index contributed by atoms with van der Waals surface area (Å²) in [7, 11) is 0. The lowest BCUT2D eigenvalue weighted by Gasteiger charge is -2.23. The summed E-state index contributed by atoms with van der Waals surface area (Å²) < 4.78 is 1.58. The first-order valence-corrected chi connectivity index (χ1v) is 14.2. The van der Waals surface area contributed by atoms with Gasteiger partial charge in [-0.05, 0) is 46.5 Å². The molecule has 0 saturated heterocycles. The molecule has 208 valence electrons. The average molecular weight is 561 g/mol. The van der Waals surface area contributed by atoms with Crippen LogP contribution in [0.5, 0.6) is 0 Å². The molecule has 0 aliphatic carbocycles. The van der Waals surface area contributed by atoms with E-state index >= 15 is 0 Å². The van der Waals surface area contributed by atoms with E-state index in [1.54, 1.807) is 4.57 Å². The van der Waals surface area contributed by atoms with Crippen LogP contribution in [0.3, 0.4) is 0 Å². The number of amides is 1. The summed E-state index contributed by atoms with van der Waals surface area (Å²) >= 11 is 0. The van der Waals surface area contributed by atoms with Crippen molar-refractivity contribution in [2.45, 2.75) is 12.6 Å². The summed E-state index contributed by atoms with van der Waals surface area (Å²) in [6, 6.07) is 44.0. The molecule has 43 heavy (non-hydrogen) atoms. The zero-order valence-electron chi connectivity index (χ0n) is 23.3. The van der Waals surface area contributed by atoms with Gasteiger partial charge in [0.25, 0.3) is 5.56 Å². The van der Waals surface area contributed by atoms with Crippen molar-refractivity contribution in [3.63, 3.8) is 0 Å². The highest BCUT2D eigenvalue weighted by molar-refractivity contribution is 5.89. The van der Waals surface area contributed by atoms with Crippen molar-refractivity contribution in [2.24, 2.45) is 0 Å². The summed E-state index contributed by atoms with van der Waals surface area (Å²) in [5.74, 6) is -0.280. The number of hydrogen-bond donors (Lipinski definition) is 2. The van der Waals surface area contributed by atoms with Crippen molar-refractivity contribution in [3.05, 3.63) is 161 Å². The molecule has 1 atom stereocenters. The van der Waals surface area contributed by atoms with Gasteiger partial charge in [-0.25, -0.2) is 4.98 Å². The second kappa shape index (κ2) is 11.3. The van der Waals surface area contributed by atoms with Crippen molar-refractivity contribution in [2.75, 3.05) is 0 Å². The smallest absolute Gasteiger partial charge is 0.280 e. The number of benzene rings is 5. The van der Waals surface area contributed by atoms with Crippen molar-refractivity contribution in [1.29, 1.82) is 0 Å². The first kappa shape index (κ1) is 26.2. The number of hydrogen-bond acceptors (Lipinski definition) is 3. The number of rotatable bonds is 7. The van der Waals surface area contributed by atoms with Gasteiger partial charge >= 0.3 is 0 Å². The summed E-state index contributed by atoms with van der Waals surface area (Å²) in [5.41, 5.74) is 6.41. The SMILES string of the molecule is O=C(NCc1ccccc1)C(c1ccc(-c2ccccc2)cc1)n1c(=O)c(-c2cc3ccccc3[nH]2)nc2ccccc21. The molecule has 0 bridgehead atoms. The van der Waals surface area contributed by atoms with Gasteiger partial charge in [0.1, 0.15) is 6.04 Å². The molecule has 6 heteroatoms. The summed E-state index contributed by atoms with van der Waals surface area (Å²) in [6.07, 6.45) is 0. The van der Waals surface area contributed by atoms with Crippen molar-refractivity contribution in [1.82, 2.24) is 19.9 Å². The number of carbonyl (C=O) groups excluding carboxylic acids is 1. The van der Waals surface area contributed by atoms with Gasteiger partial charge in [0.15, 0.2) is 5.69 Å². The van der Waals surface area contributed by atoms with Crippen molar-refractivity contribution < 1.29 is 4.79 Å². The van der Waals surface area contributed by atoms with E-state index in [1.807, 2.05) is 140 Å². The Morgan fingerprint density at radius 2 is 1.40 bits per heavy atom. The van der Waals surface area contributed by atoms with Crippen molar-refractivity contribution >= 4 is 27.8 Å². The van der Waals surface area contributed by atoms with Crippen LogP contribution in [0.2, 0.25) is 0 Å². The van der Waals surface area contributed by atoms with Crippen LogP contribution in [0.1, 0.15) is 17.2 Å². The van der Waals surface area contributed by atoms with Crippen LogP contribution in [0.15, 0.2) is 144 Å². The fraction of sp³-hybridized carbons (Fsp3) is 0.0541. The fourth-order valence-corrected chi connectivity index (χ4v) is 5.57. The van der Waals surface area contributed by atoms with Crippen LogP contribution < -0.4 is 10.9 Å². The highest BCUT2D eigenvalue weighted by atomic mass is 16.2. The first-order chi connectivity index (χ1) is 21.2. The van der Waals surface area contributed by atoms with Crippen molar-refractivity contribution in [3.8, 4) is 22.5 Å². The molecule has 6 nitrogen and oxygen atoms in total.